The normalized spacial score (nSPS) is 17.4. The minimum atomic E-state index is -4.63. The molecule has 1 atom stereocenters. The van der Waals surface area contributed by atoms with E-state index in [0.717, 1.165) is 36.7 Å². The molecule has 2 aromatic rings. The predicted molar refractivity (Wildman–Crippen MR) is 110 cm³/mol. The van der Waals surface area contributed by atoms with Gasteiger partial charge in [-0.15, -0.1) is 0 Å². The number of anilines is 1. The Morgan fingerprint density at radius 1 is 1.03 bits per heavy atom. The van der Waals surface area contributed by atoms with E-state index in [1.807, 2.05) is 20.8 Å². The molecule has 3 heterocycles. The number of urea groups is 1. The summed E-state index contributed by atoms with van der Waals surface area (Å²) < 4.78 is 77.2. The van der Waals surface area contributed by atoms with Gasteiger partial charge >= 0.3 is 18.4 Å². The van der Waals surface area contributed by atoms with Gasteiger partial charge in [-0.1, -0.05) is 20.8 Å². The number of ketones is 1. The Bertz CT molecular complexity index is 1060. The number of pyridine rings is 2. The van der Waals surface area contributed by atoms with Gasteiger partial charge in [0.15, 0.2) is 5.78 Å². The standard InChI is InChI=1S/C22H22F6N4O2/c1-20(2,3)18-12-31(15-4-5-17(30-10-15)22(26,27)28)19(34)32(18)11-16(33)9-14-8-13(6-7-29-14)21(23,24)25/h4-8,10,18H,9,11-12H2,1-3H3/t18-/m1/s1. The SMILES string of the molecule is CC(C)(C)[C@H]1CN(c2ccc(C(F)(F)F)nc2)C(=O)N1CC(=O)Cc1cc(C(F)(F)F)ccn1. The first-order valence-electron chi connectivity index (χ1n) is 10.2. The Hall–Kier alpha value is -3.18. The average Bonchev–Trinajstić information content (AvgIpc) is 3.03. The van der Waals surface area contributed by atoms with E-state index in [9.17, 15) is 35.9 Å². The molecule has 184 valence electrons. The molecule has 2 amide bonds. The van der Waals surface area contributed by atoms with Gasteiger partial charge in [-0.2, -0.15) is 26.3 Å². The molecule has 1 aliphatic rings. The molecule has 1 aliphatic heterocycles. The van der Waals surface area contributed by atoms with E-state index in [2.05, 4.69) is 9.97 Å². The van der Waals surface area contributed by atoms with Gasteiger partial charge in [-0.25, -0.2) is 9.78 Å². The number of halogens is 6. The van der Waals surface area contributed by atoms with E-state index in [0.29, 0.717) is 0 Å². The fourth-order valence-electron chi connectivity index (χ4n) is 3.69. The van der Waals surface area contributed by atoms with Crippen LogP contribution in [0.3, 0.4) is 0 Å². The highest BCUT2D eigenvalue weighted by atomic mass is 19.4. The number of nitrogens with zero attached hydrogens (tertiary/aromatic N) is 4. The second-order valence-corrected chi connectivity index (χ2v) is 9.05. The molecular weight excluding hydrogens is 466 g/mol. The Morgan fingerprint density at radius 2 is 1.71 bits per heavy atom. The molecule has 0 aromatic carbocycles. The highest BCUT2D eigenvalue weighted by molar-refractivity contribution is 5.97. The van der Waals surface area contributed by atoms with Gasteiger partial charge in [0.2, 0.25) is 0 Å². The van der Waals surface area contributed by atoms with Crippen LogP contribution in [0, 0.1) is 5.41 Å². The summed E-state index contributed by atoms with van der Waals surface area (Å²) in [5, 5.41) is 0. The van der Waals surface area contributed by atoms with Gasteiger partial charge in [-0.05, 0) is 29.7 Å². The Labute approximate surface area is 191 Å². The first kappa shape index (κ1) is 25.4. The molecule has 3 rings (SSSR count). The van der Waals surface area contributed by atoms with Crippen molar-refractivity contribution in [2.24, 2.45) is 5.41 Å². The monoisotopic (exact) mass is 488 g/mol. The van der Waals surface area contributed by atoms with Crippen LogP contribution in [-0.4, -0.2) is 45.8 Å². The third-order valence-electron chi connectivity index (χ3n) is 5.43. The molecule has 0 saturated carbocycles. The second kappa shape index (κ2) is 8.88. The number of alkyl halides is 6. The lowest BCUT2D eigenvalue weighted by Crippen LogP contribution is -2.45. The molecule has 12 heteroatoms. The molecule has 0 bridgehead atoms. The zero-order chi connectivity index (χ0) is 25.5. The molecule has 0 unspecified atom stereocenters. The van der Waals surface area contributed by atoms with Crippen LogP contribution < -0.4 is 4.90 Å². The van der Waals surface area contributed by atoms with E-state index in [-0.39, 0.29) is 24.5 Å². The largest absolute Gasteiger partial charge is 0.433 e. The molecule has 6 nitrogen and oxygen atoms in total. The van der Waals surface area contributed by atoms with Gasteiger partial charge in [0.05, 0.1) is 36.5 Å². The van der Waals surface area contributed by atoms with E-state index in [1.54, 1.807) is 0 Å². The summed E-state index contributed by atoms with van der Waals surface area (Å²) in [5.41, 5.74) is -2.48. The second-order valence-electron chi connectivity index (χ2n) is 9.05. The van der Waals surface area contributed by atoms with E-state index >= 15 is 0 Å². The van der Waals surface area contributed by atoms with Gasteiger partial charge < -0.3 is 4.90 Å². The van der Waals surface area contributed by atoms with Crippen LogP contribution in [0.2, 0.25) is 0 Å². The molecule has 1 saturated heterocycles. The van der Waals surface area contributed by atoms with Gasteiger partial charge in [-0.3, -0.25) is 14.7 Å². The van der Waals surface area contributed by atoms with Crippen molar-refractivity contribution in [2.75, 3.05) is 18.0 Å². The van der Waals surface area contributed by atoms with Crippen LogP contribution >= 0.6 is 0 Å². The van der Waals surface area contributed by atoms with Crippen molar-refractivity contribution in [3.63, 3.8) is 0 Å². The maximum atomic E-state index is 13.1. The third kappa shape index (κ3) is 5.65. The summed E-state index contributed by atoms with van der Waals surface area (Å²) in [6.45, 7) is 5.23. The summed E-state index contributed by atoms with van der Waals surface area (Å²) in [7, 11) is 0. The average molecular weight is 488 g/mol. The zero-order valence-corrected chi connectivity index (χ0v) is 18.5. The summed E-state index contributed by atoms with van der Waals surface area (Å²) in [6, 6.07) is 2.38. The highest BCUT2D eigenvalue weighted by Gasteiger charge is 2.45. The Kier molecular flexibility index (Phi) is 6.64. The molecule has 1 fully saturated rings. The lowest BCUT2D eigenvalue weighted by atomic mass is 9.86. The summed E-state index contributed by atoms with van der Waals surface area (Å²) in [5.74, 6) is -0.526. The smallest absolute Gasteiger partial charge is 0.312 e. The number of rotatable bonds is 5. The van der Waals surface area contributed by atoms with Crippen molar-refractivity contribution in [1.82, 2.24) is 14.9 Å². The van der Waals surface area contributed by atoms with Crippen LogP contribution in [0.25, 0.3) is 0 Å². The molecule has 0 N–H and O–H groups in total. The first-order valence-corrected chi connectivity index (χ1v) is 10.2. The van der Waals surface area contributed by atoms with Crippen LogP contribution in [0.15, 0.2) is 36.7 Å². The number of carbonyl (C=O) groups excluding carboxylic acids is 2. The molecule has 2 aromatic heterocycles. The number of aromatic nitrogens is 2. The number of amides is 2. The minimum absolute atomic E-state index is 0.0809. The Balaban J connectivity index is 1.79. The number of Topliss-reactive ketones (excluding diaryl/α,β-unsaturated/α-hetero) is 1. The molecule has 34 heavy (non-hydrogen) atoms. The summed E-state index contributed by atoms with van der Waals surface area (Å²) in [4.78, 5) is 35.5. The molecule has 0 spiro atoms. The van der Waals surface area contributed by atoms with Crippen molar-refractivity contribution in [2.45, 2.75) is 45.6 Å². The lowest BCUT2D eigenvalue weighted by Gasteiger charge is -2.33. The van der Waals surface area contributed by atoms with E-state index < -0.39 is 53.3 Å². The predicted octanol–water partition coefficient (Wildman–Crippen LogP) is 4.98. The van der Waals surface area contributed by atoms with Crippen LogP contribution in [0.1, 0.15) is 37.7 Å². The molecule has 0 aliphatic carbocycles. The van der Waals surface area contributed by atoms with Crippen LogP contribution in [0.5, 0.6) is 0 Å². The first-order chi connectivity index (χ1) is 15.6. The van der Waals surface area contributed by atoms with Crippen molar-refractivity contribution >= 4 is 17.5 Å². The van der Waals surface area contributed by atoms with Crippen molar-refractivity contribution in [3.05, 3.63) is 53.6 Å². The zero-order valence-electron chi connectivity index (χ0n) is 18.5. The lowest BCUT2D eigenvalue weighted by molar-refractivity contribution is -0.141. The fourth-order valence-corrected chi connectivity index (χ4v) is 3.69. The van der Waals surface area contributed by atoms with Gasteiger partial charge in [0, 0.05) is 18.4 Å². The van der Waals surface area contributed by atoms with Gasteiger partial charge in [0.25, 0.3) is 0 Å². The van der Waals surface area contributed by atoms with E-state index in [4.69, 9.17) is 0 Å². The third-order valence-corrected chi connectivity index (χ3v) is 5.43. The van der Waals surface area contributed by atoms with Crippen LogP contribution in [-0.2, 0) is 23.6 Å². The van der Waals surface area contributed by atoms with Crippen LogP contribution in [0.4, 0.5) is 36.8 Å². The summed E-state index contributed by atoms with van der Waals surface area (Å²) in [6.07, 6.45) is -7.72. The van der Waals surface area contributed by atoms with Crippen molar-refractivity contribution < 1.29 is 35.9 Å². The maximum Gasteiger partial charge on any atom is 0.433 e. The van der Waals surface area contributed by atoms with Gasteiger partial charge in [0.1, 0.15) is 5.69 Å². The fraction of sp³-hybridized carbons (Fsp3) is 0.455. The summed E-state index contributed by atoms with van der Waals surface area (Å²) >= 11 is 0. The minimum Gasteiger partial charge on any atom is -0.312 e. The number of hydrogen-bond acceptors (Lipinski definition) is 4. The highest BCUT2D eigenvalue weighted by Crippen LogP contribution is 2.35. The Morgan fingerprint density at radius 3 is 2.24 bits per heavy atom. The van der Waals surface area contributed by atoms with Crippen molar-refractivity contribution in [3.8, 4) is 0 Å². The van der Waals surface area contributed by atoms with E-state index in [1.165, 1.54) is 9.80 Å². The maximum absolute atomic E-state index is 13.1. The molecule has 0 radical (unpaired) electrons. The topological polar surface area (TPSA) is 66.4 Å². The number of hydrogen-bond donors (Lipinski definition) is 0. The van der Waals surface area contributed by atoms with Crippen molar-refractivity contribution in [1.29, 1.82) is 0 Å². The number of carbonyl (C=O) groups is 2. The quantitative estimate of drug-likeness (QED) is 0.557. The molecular formula is C22H22F6N4O2.